The molecular formula is C13H27NO3S. The molecule has 18 heavy (non-hydrogen) atoms. The molecule has 0 radical (unpaired) electrons. The van der Waals surface area contributed by atoms with E-state index in [1.54, 1.807) is 20.8 Å². The van der Waals surface area contributed by atoms with Crippen LogP contribution in [0.4, 0.5) is 0 Å². The van der Waals surface area contributed by atoms with E-state index in [1.165, 1.54) is 0 Å². The molecule has 0 aromatic carbocycles. The van der Waals surface area contributed by atoms with Crippen LogP contribution in [0.2, 0.25) is 0 Å². The summed E-state index contributed by atoms with van der Waals surface area (Å²) >= 11 is 0. The predicted octanol–water partition coefficient (Wildman–Crippen LogP) is 1.29. The van der Waals surface area contributed by atoms with Crippen LogP contribution in [0.5, 0.6) is 0 Å². The van der Waals surface area contributed by atoms with E-state index in [2.05, 4.69) is 4.90 Å². The molecule has 0 saturated carbocycles. The van der Waals surface area contributed by atoms with Gasteiger partial charge in [-0.1, -0.05) is 0 Å². The van der Waals surface area contributed by atoms with E-state index in [9.17, 15) is 13.5 Å². The van der Waals surface area contributed by atoms with Crippen molar-refractivity contribution < 1.29 is 13.5 Å². The number of aliphatic hydroxyl groups is 1. The lowest BCUT2D eigenvalue weighted by molar-refractivity contribution is 0.0738. The Morgan fingerprint density at radius 1 is 1.28 bits per heavy atom. The van der Waals surface area contributed by atoms with Gasteiger partial charge in [0.2, 0.25) is 0 Å². The second-order valence-electron chi connectivity index (χ2n) is 6.35. The fraction of sp³-hybridized carbons (Fsp3) is 1.00. The fourth-order valence-electron chi connectivity index (χ4n) is 2.21. The number of hydrogen-bond donors (Lipinski definition) is 1. The lowest BCUT2D eigenvalue weighted by Gasteiger charge is -2.33. The third-order valence-electron chi connectivity index (χ3n) is 3.92. The normalized spacial score (nSPS) is 22.1. The summed E-state index contributed by atoms with van der Waals surface area (Å²) in [6.45, 7) is 9.51. The molecule has 1 unspecified atom stereocenters. The van der Waals surface area contributed by atoms with Crippen molar-refractivity contribution in [3.63, 3.8) is 0 Å². The van der Waals surface area contributed by atoms with E-state index in [0.717, 1.165) is 25.9 Å². The van der Waals surface area contributed by atoms with Crippen molar-refractivity contribution in [2.45, 2.75) is 51.4 Å². The molecule has 1 atom stereocenters. The van der Waals surface area contributed by atoms with Crippen LogP contribution in [-0.2, 0) is 9.84 Å². The minimum Gasteiger partial charge on any atom is -0.393 e. The topological polar surface area (TPSA) is 57.6 Å². The number of likely N-dealkylation sites (tertiary alicyclic amines) is 1. The van der Waals surface area contributed by atoms with E-state index < -0.39 is 14.6 Å². The lowest BCUT2D eigenvalue weighted by atomic mass is 9.92. The van der Waals surface area contributed by atoms with Crippen molar-refractivity contribution in [2.75, 3.05) is 25.4 Å². The zero-order chi connectivity index (χ0) is 14.0. The zero-order valence-electron chi connectivity index (χ0n) is 12.0. The molecule has 1 saturated heterocycles. The molecule has 0 spiro atoms. The first kappa shape index (κ1) is 15.9. The largest absolute Gasteiger partial charge is 0.393 e. The van der Waals surface area contributed by atoms with Gasteiger partial charge in [-0.15, -0.1) is 0 Å². The van der Waals surface area contributed by atoms with E-state index in [-0.39, 0.29) is 11.9 Å². The van der Waals surface area contributed by atoms with Gasteiger partial charge in [0.15, 0.2) is 9.84 Å². The molecule has 1 fully saturated rings. The van der Waals surface area contributed by atoms with Gasteiger partial charge in [0.05, 0.1) is 16.6 Å². The standard InChI is InChI=1S/C13H27NO3S/c1-11(15)12-5-7-14(8-6-12)9-10-18(16,17)13(2,3)4/h11-12,15H,5-10H2,1-4H3. The Hall–Kier alpha value is -0.130. The van der Waals surface area contributed by atoms with E-state index in [0.29, 0.717) is 12.5 Å². The Morgan fingerprint density at radius 2 is 1.78 bits per heavy atom. The van der Waals surface area contributed by atoms with Crippen LogP contribution < -0.4 is 0 Å². The number of nitrogens with zero attached hydrogens (tertiary/aromatic N) is 1. The highest BCUT2D eigenvalue weighted by Crippen LogP contribution is 2.21. The van der Waals surface area contributed by atoms with Crippen LogP contribution in [0.1, 0.15) is 40.5 Å². The van der Waals surface area contributed by atoms with Gasteiger partial charge < -0.3 is 10.0 Å². The summed E-state index contributed by atoms with van der Waals surface area (Å²) in [5, 5.41) is 9.51. The summed E-state index contributed by atoms with van der Waals surface area (Å²) in [5.41, 5.74) is 0. The summed E-state index contributed by atoms with van der Waals surface area (Å²) in [5.74, 6) is 0.607. The maximum atomic E-state index is 12.0. The van der Waals surface area contributed by atoms with Crippen LogP contribution >= 0.6 is 0 Å². The molecule has 0 amide bonds. The quantitative estimate of drug-likeness (QED) is 0.841. The maximum absolute atomic E-state index is 12.0. The average molecular weight is 277 g/mol. The van der Waals surface area contributed by atoms with E-state index >= 15 is 0 Å². The number of sulfone groups is 1. The molecule has 108 valence electrons. The molecule has 0 aromatic heterocycles. The van der Waals surface area contributed by atoms with Crippen molar-refractivity contribution in [3.8, 4) is 0 Å². The molecule has 1 aliphatic rings. The Kier molecular flexibility index (Phi) is 5.21. The van der Waals surface area contributed by atoms with Crippen LogP contribution in [-0.4, -0.2) is 54.7 Å². The highest BCUT2D eigenvalue weighted by Gasteiger charge is 2.30. The number of aliphatic hydroxyl groups excluding tert-OH is 1. The van der Waals surface area contributed by atoms with Gasteiger partial charge in [0.1, 0.15) is 0 Å². The maximum Gasteiger partial charge on any atom is 0.156 e. The summed E-state index contributed by atoms with van der Waals surface area (Å²) in [6.07, 6.45) is 1.69. The first-order valence-corrected chi connectivity index (χ1v) is 8.41. The first-order valence-electron chi connectivity index (χ1n) is 6.76. The highest BCUT2D eigenvalue weighted by molar-refractivity contribution is 7.92. The molecule has 0 aromatic rings. The summed E-state index contributed by atoms with van der Waals surface area (Å²) in [4.78, 5) is 2.20. The van der Waals surface area contributed by atoms with E-state index in [4.69, 9.17) is 0 Å². The van der Waals surface area contributed by atoms with Crippen LogP contribution in [0.3, 0.4) is 0 Å². The molecule has 1 aliphatic heterocycles. The highest BCUT2D eigenvalue weighted by atomic mass is 32.2. The third kappa shape index (κ3) is 4.21. The predicted molar refractivity (Wildman–Crippen MR) is 74.4 cm³/mol. The lowest BCUT2D eigenvalue weighted by Crippen LogP contribution is -2.41. The van der Waals surface area contributed by atoms with Gasteiger partial charge in [0.25, 0.3) is 0 Å². The molecule has 0 aliphatic carbocycles. The second kappa shape index (κ2) is 5.88. The summed E-state index contributed by atoms with van der Waals surface area (Å²) in [6, 6.07) is 0. The second-order valence-corrected chi connectivity index (χ2v) is 9.21. The van der Waals surface area contributed by atoms with Gasteiger partial charge >= 0.3 is 0 Å². The molecule has 1 heterocycles. The van der Waals surface area contributed by atoms with Gasteiger partial charge in [0, 0.05) is 6.54 Å². The minimum absolute atomic E-state index is 0.232. The first-order chi connectivity index (χ1) is 8.13. The Labute approximate surface area is 111 Å². The average Bonchev–Trinajstić information content (AvgIpc) is 2.25. The van der Waals surface area contributed by atoms with Crippen molar-refractivity contribution in [1.29, 1.82) is 0 Å². The van der Waals surface area contributed by atoms with Crippen molar-refractivity contribution in [3.05, 3.63) is 0 Å². The Balaban J connectivity index is 2.39. The fourth-order valence-corrected chi connectivity index (χ4v) is 3.33. The van der Waals surface area contributed by atoms with Crippen LogP contribution in [0.25, 0.3) is 0 Å². The van der Waals surface area contributed by atoms with Crippen molar-refractivity contribution in [1.82, 2.24) is 4.90 Å². The smallest absolute Gasteiger partial charge is 0.156 e. The van der Waals surface area contributed by atoms with Crippen molar-refractivity contribution >= 4 is 9.84 Å². The molecule has 5 heteroatoms. The summed E-state index contributed by atoms with van der Waals surface area (Å²) in [7, 11) is -3.02. The monoisotopic (exact) mass is 277 g/mol. The molecule has 1 rings (SSSR count). The zero-order valence-corrected chi connectivity index (χ0v) is 12.8. The van der Waals surface area contributed by atoms with Crippen molar-refractivity contribution in [2.24, 2.45) is 5.92 Å². The van der Waals surface area contributed by atoms with Crippen LogP contribution in [0.15, 0.2) is 0 Å². The molecule has 1 N–H and O–H groups in total. The Bertz CT molecular complexity index is 349. The SMILES string of the molecule is CC(O)C1CCN(CCS(=O)(=O)C(C)(C)C)CC1. The number of hydrogen-bond acceptors (Lipinski definition) is 4. The number of rotatable bonds is 4. The van der Waals surface area contributed by atoms with Gasteiger partial charge in [-0.3, -0.25) is 0 Å². The third-order valence-corrected chi connectivity index (χ3v) is 6.51. The number of piperidine rings is 1. The van der Waals surface area contributed by atoms with Gasteiger partial charge in [-0.2, -0.15) is 0 Å². The molecule has 0 bridgehead atoms. The van der Waals surface area contributed by atoms with E-state index in [1.807, 2.05) is 6.92 Å². The van der Waals surface area contributed by atoms with Gasteiger partial charge in [-0.25, -0.2) is 8.42 Å². The molecular weight excluding hydrogens is 250 g/mol. The Morgan fingerprint density at radius 3 is 2.17 bits per heavy atom. The van der Waals surface area contributed by atoms with Gasteiger partial charge in [-0.05, 0) is 59.5 Å². The summed E-state index contributed by atoms with van der Waals surface area (Å²) < 4.78 is 23.3. The molecule has 4 nitrogen and oxygen atoms in total. The minimum atomic E-state index is -3.02. The van der Waals surface area contributed by atoms with Crippen LogP contribution in [0, 0.1) is 5.92 Å².